The van der Waals surface area contributed by atoms with Crippen LogP contribution >= 0.6 is 11.6 Å². The summed E-state index contributed by atoms with van der Waals surface area (Å²) < 4.78 is 42.4. The summed E-state index contributed by atoms with van der Waals surface area (Å²) in [5.74, 6) is 0.549. The zero-order chi connectivity index (χ0) is 33.6. The van der Waals surface area contributed by atoms with Crippen LogP contribution in [0.25, 0.3) is 0 Å². The number of carbonyl (C=O) groups excluding carboxylic acids is 1. The summed E-state index contributed by atoms with van der Waals surface area (Å²) in [7, 11) is 2.07. The monoisotopic (exact) mass is 683 g/mol. The van der Waals surface area contributed by atoms with E-state index in [2.05, 4.69) is 52.9 Å². The summed E-state index contributed by atoms with van der Waals surface area (Å²) in [6, 6.07) is 11.6. The molecule has 2 aromatic rings. The highest BCUT2D eigenvalue weighted by molar-refractivity contribution is 7.90. The molecule has 1 fully saturated rings. The van der Waals surface area contributed by atoms with Crippen molar-refractivity contribution in [1.82, 2.24) is 9.62 Å². The first-order valence-corrected chi connectivity index (χ1v) is 19.0. The van der Waals surface area contributed by atoms with E-state index >= 15 is 0 Å². The Bertz CT molecular complexity index is 1630. The second-order valence-electron chi connectivity index (χ2n) is 14.7. The lowest BCUT2D eigenvalue weighted by Gasteiger charge is -2.51. The Kier molecular flexibility index (Phi) is 9.75. The van der Waals surface area contributed by atoms with Crippen LogP contribution in [0.1, 0.15) is 73.9 Å². The van der Waals surface area contributed by atoms with Gasteiger partial charge in [-0.15, -0.1) is 0 Å². The molecule has 1 saturated carbocycles. The number of allylic oxidation sites excluding steroid dienone is 1. The van der Waals surface area contributed by atoms with E-state index in [1.165, 1.54) is 11.1 Å². The van der Waals surface area contributed by atoms with Crippen LogP contribution in [0.15, 0.2) is 48.6 Å². The van der Waals surface area contributed by atoms with Crippen molar-refractivity contribution in [3.63, 3.8) is 0 Å². The maximum atomic E-state index is 13.5. The standard InChI is InChI=1S/C37H50ClN3O5S/c1-25-8-6-17-37(45-5,18-19-40(3)4)32-13-10-29(32)22-41-23-36(16-7-9-27-20-30(38)12-14-31(27)36)24-46-34-15-11-28(21-33(34)41)35(42)39-47(43,44)26(25)2/h6,11-12,14-15,17,20-21,25-26,29,32H,7-10,13,16,18-19,22-24H2,1-5H3,(H,39,42)/b17-6-/t25-,26+,29-,32+,36-,37+/m0/s1. The third kappa shape index (κ3) is 6.70. The Morgan fingerprint density at radius 2 is 1.96 bits per heavy atom. The van der Waals surface area contributed by atoms with E-state index in [9.17, 15) is 13.2 Å². The van der Waals surface area contributed by atoms with Crippen LogP contribution in [0.2, 0.25) is 5.02 Å². The molecule has 0 unspecified atom stereocenters. The summed E-state index contributed by atoms with van der Waals surface area (Å²) in [6.07, 6.45) is 10.9. The Morgan fingerprint density at radius 3 is 2.68 bits per heavy atom. The number of nitrogens with zero attached hydrogens (tertiary/aromatic N) is 2. The molecule has 1 N–H and O–H groups in total. The van der Waals surface area contributed by atoms with E-state index in [-0.39, 0.29) is 11.3 Å². The van der Waals surface area contributed by atoms with Crippen molar-refractivity contribution in [3.05, 3.63) is 70.3 Å². The number of carbonyl (C=O) groups is 1. The van der Waals surface area contributed by atoms with Crippen LogP contribution < -0.4 is 14.4 Å². The van der Waals surface area contributed by atoms with Crippen molar-refractivity contribution < 1.29 is 22.7 Å². The second kappa shape index (κ2) is 13.4. The molecule has 0 aromatic heterocycles. The van der Waals surface area contributed by atoms with Gasteiger partial charge in [-0.2, -0.15) is 0 Å². The fraction of sp³-hybridized carbons (Fsp3) is 0.595. The average Bonchev–Trinajstić information content (AvgIpc) is 3.17. The van der Waals surface area contributed by atoms with E-state index in [0.717, 1.165) is 68.9 Å². The van der Waals surface area contributed by atoms with Gasteiger partial charge < -0.3 is 19.3 Å². The van der Waals surface area contributed by atoms with E-state index in [1.54, 1.807) is 13.0 Å². The Balaban J connectivity index is 1.46. The predicted octanol–water partition coefficient (Wildman–Crippen LogP) is 6.22. The van der Waals surface area contributed by atoms with Crippen LogP contribution in [0.4, 0.5) is 5.69 Å². The molecule has 1 spiro atoms. The molecule has 2 bridgehead atoms. The van der Waals surface area contributed by atoms with Gasteiger partial charge in [-0.05, 0) is 125 Å². The van der Waals surface area contributed by atoms with Crippen molar-refractivity contribution in [3.8, 4) is 5.75 Å². The molecule has 2 aliphatic carbocycles. The number of hydrogen-bond donors (Lipinski definition) is 1. The van der Waals surface area contributed by atoms with Crippen LogP contribution in [0.3, 0.4) is 0 Å². The van der Waals surface area contributed by atoms with Crippen LogP contribution in [0.5, 0.6) is 5.75 Å². The molecular weight excluding hydrogens is 634 g/mol. The first-order chi connectivity index (χ1) is 22.4. The number of halogens is 1. The fourth-order valence-corrected chi connectivity index (χ4v) is 9.82. The summed E-state index contributed by atoms with van der Waals surface area (Å²) in [5, 5.41) is -0.0171. The summed E-state index contributed by atoms with van der Waals surface area (Å²) in [4.78, 5) is 18.1. The van der Waals surface area contributed by atoms with E-state index < -0.39 is 26.8 Å². The number of nitrogens with one attached hydrogen (secondary N) is 1. The number of fused-ring (bicyclic) bond motifs is 4. The lowest BCUT2D eigenvalue weighted by Crippen LogP contribution is -2.53. The second-order valence-corrected chi connectivity index (χ2v) is 17.2. The number of amides is 1. The number of ether oxygens (including phenoxy) is 2. The molecule has 0 radical (unpaired) electrons. The fourth-order valence-electron chi connectivity index (χ4n) is 8.34. The van der Waals surface area contributed by atoms with Gasteiger partial charge in [0, 0.05) is 42.7 Å². The third-order valence-corrected chi connectivity index (χ3v) is 13.7. The summed E-state index contributed by atoms with van der Waals surface area (Å²) in [5.41, 5.74) is 2.97. The maximum absolute atomic E-state index is 13.5. The minimum Gasteiger partial charge on any atom is -0.490 e. The van der Waals surface area contributed by atoms with Crippen molar-refractivity contribution >= 4 is 33.2 Å². The molecular formula is C37H50ClN3O5S. The predicted molar refractivity (Wildman–Crippen MR) is 188 cm³/mol. The lowest BCUT2D eigenvalue weighted by atomic mass is 9.63. The zero-order valence-electron chi connectivity index (χ0n) is 28.4. The van der Waals surface area contributed by atoms with Crippen LogP contribution in [0, 0.1) is 17.8 Å². The van der Waals surface area contributed by atoms with Crippen molar-refractivity contribution in [2.24, 2.45) is 17.8 Å². The van der Waals surface area contributed by atoms with Crippen molar-refractivity contribution in [1.29, 1.82) is 0 Å². The number of hydrogen-bond acceptors (Lipinski definition) is 7. The number of aryl methyl sites for hydroxylation is 1. The van der Waals surface area contributed by atoms with Gasteiger partial charge in [0.1, 0.15) is 5.75 Å². The largest absolute Gasteiger partial charge is 0.490 e. The Morgan fingerprint density at radius 1 is 1.15 bits per heavy atom. The SMILES string of the molecule is CO[C@@]1(CCN(C)C)/C=C\C[C@H](C)[C@@H](C)S(=O)(=O)NC(=O)c2ccc3c(c2)N(C[C@@H]2CC[C@H]21)C[C@@]1(CCCc2cc(Cl)ccc21)CO3. The Hall–Kier alpha value is -2.59. The van der Waals surface area contributed by atoms with Crippen molar-refractivity contribution in [2.75, 3.05) is 52.3 Å². The van der Waals surface area contributed by atoms with Gasteiger partial charge in [-0.1, -0.05) is 36.7 Å². The molecule has 4 aliphatic rings. The van der Waals surface area contributed by atoms with Gasteiger partial charge in [0.2, 0.25) is 10.0 Å². The molecule has 2 aliphatic heterocycles. The molecule has 256 valence electrons. The molecule has 6 rings (SSSR count). The highest BCUT2D eigenvalue weighted by atomic mass is 35.5. The first kappa shape index (κ1) is 34.3. The molecule has 1 amide bonds. The molecule has 8 nitrogen and oxygen atoms in total. The van der Waals surface area contributed by atoms with Gasteiger partial charge in [-0.3, -0.25) is 4.79 Å². The smallest absolute Gasteiger partial charge is 0.264 e. The highest BCUT2D eigenvalue weighted by Gasteiger charge is 2.49. The minimum atomic E-state index is -3.93. The molecule has 6 atom stereocenters. The maximum Gasteiger partial charge on any atom is 0.264 e. The topological polar surface area (TPSA) is 88.2 Å². The minimum absolute atomic E-state index is 0.203. The van der Waals surface area contributed by atoms with E-state index in [0.29, 0.717) is 36.2 Å². The van der Waals surface area contributed by atoms with E-state index in [4.69, 9.17) is 21.1 Å². The van der Waals surface area contributed by atoms with Crippen LogP contribution in [-0.2, 0) is 26.6 Å². The number of rotatable bonds is 4. The average molecular weight is 684 g/mol. The summed E-state index contributed by atoms with van der Waals surface area (Å²) in [6.45, 7) is 6.50. The summed E-state index contributed by atoms with van der Waals surface area (Å²) >= 11 is 6.46. The lowest BCUT2D eigenvalue weighted by molar-refractivity contribution is -0.0823. The zero-order valence-corrected chi connectivity index (χ0v) is 30.0. The van der Waals surface area contributed by atoms with Gasteiger partial charge in [0.05, 0.1) is 23.1 Å². The number of sulfonamides is 1. The van der Waals surface area contributed by atoms with Crippen molar-refractivity contribution in [2.45, 2.75) is 75.1 Å². The molecule has 10 heteroatoms. The quantitative estimate of drug-likeness (QED) is 0.383. The molecule has 2 heterocycles. The highest BCUT2D eigenvalue weighted by Crippen LogP contribution is 2.50. The van der Waals surface area contributed by atoms with Gasteiger partial charge >= 0.3 is 0 Å². The van der Waals surface area contributed by atoms with E-state index in [1.807, 2.05) is 32.2 Å². The first-order valence-electron chi connectivity index (χ1n) is 17.1. The number of benzene rings is 2. The number of anilines is 1. The molecule has 47 heavy (non-hydrogen) atoms. The molecule has 2 aromatic carbocycles. The van der Waals surface area contributed by atoms with Gasteiger partial charge in [-0.25, -0.2) is 13.1 Å². The Labute approximate surface area is 285 Å². The molecule has 0 saturated heterocycles. The number of methoxy groups -OCH3 is 1. The van der Waals surface area contributed by atoms with Gasteiger partial charge in [0.15, 0.2) is 0 Å². The van der Waals surface area contributed by atoms with Crippen LogP contribution in [-0.4, -0.2) is 77.5 Å². The third-order valence-electron chi connectivity index (χ3n) is 11.6. The normalized spacial score (nSPS) is 32.7. The van der Waals surface area contributed by atoms with Gasteiger partial charge in [0.25, 0.3) is 5.91 Å².